The van der Waals surface area contributed by atoms with Crippen LogP contribution in [0.4, 0.5) is 0 Å². The van der Waals surface area contributed by atoms with Crippen molar-refractivity contribution in [2.45, 2.75) is 88.6 Å². The van der Waals surface area contributed by atoms with Crippen molar-refractivity contribution in [3.8, 4) is 11.5 Å². The molecule has 1 unspecified atom stereocenters. The van der Waals surface area contributed by atoms with E-state index in [1.807, 2.05) is 55.8 Å². The van der Waals surface area contributed by atoms with E-state index in [9.17, 15) is 19.2 Å². The predicted molar refractivity (Wildman–Crippen MR) is 244 cm³/mol. The number of piperidine rings is 4. The van der Waals surface area contributed by atoms with Crippen LogP contribution in [0.1, 0.15) is 119 Å². The number of benzene rings is 3. The maximum atomic E-state index is 13.5. The Morgan fingerprint density at radius 1 is 0.787 bits per heavy atom. The number of nitrogens with one attached hydrogen (secondary N) is 1. The third kappa shape index (κ3) is 12.2. The number of hydrogen-bond donors (Lipinski definition) is 1. The van der Waals surface area contributed by atoms with Crippen LogP contribution in [-0.4, -0.2) is 135 Å². The lowest BCUT2D eigenvalue weighted by atomic mass is 9.85. The molecule has 3 aromatic carbocycles. The van der Waals surface area contributed by atoms with Gasteiger partial charge in [0.15, 0.2) is 17.8 Å². The van der Waals surface area contributed by atoms with E-state index in [1.165, 1.54) is 31.2 Å². The highest BCUT2D eigenvalue weighted by atomic mass is 32.2. The van der Waals surface area contributed by atoms with Crippen LogP contribution < -0.4 is 14.8 Å². The van der Waals surface area contributed by atoms with E-state index >= 15 is 0 Å². The first kappa shape index (κ1) is 46.3. The number of hydrogen-bond acceptors (Lipinski definition) is 10. The Kier molecular flexibility index (Phi) is 17.3. The van der Waals surface area contributed by atoms with Gasteiger partial charge in [-0.3, -0.25) is 24.5 Å². The van der Waals surface area contributed by atoms with Gasteiger partial charge < -0.3 is 29.1 Å². The molecule has 330 valence electrons. The van der Waals surface area contributed by atoms with Crippen LogP contribution in [0, 0.1) is 0 Å². The molecule has 3 amide bonds. The van der Waals surface area contributed by atoms with Crippen molar-refractivity contribution in [3.63, 3.8) is 0 Å². The molecule has 0 bridgehead atoms. The fourth-order valence-corrected chi connectivity index (χ4v) is 9.66. The van der Waals surface area contributed by atoms with Crippen LogP contribution in [0.5, 0.6) is 11.5 Å². The van der Waals surface area contributed by atoms with Crippen molar-refractivity contribution in [1.82, 2.24) is 24.9 Å². The summed E-state index contributed by atoms with van der Waals surface area (Å²) in [6, 6.07) is 20.8. The second-order valence-corrected chi connectivity index (χ2v) is 17.9. The minimum atomic E-state index is -0.220. The predicted octanol–water partition coefficient (Wildman–Crippen LogP) is 7.20. The van der Waals surface area contributed by atoms with Crippen molar-refractivity contribution >= 4 is 35.8 Å². The SMILES string of the molecule is CCOc1cc(CN(C)C(=O)c2ccc(C3CCN(CCN4CCC(N5CCC(c6ccc(C7CCC(=O)NC7=O)cc6)CC5)CC4)CC3)cc2C=O)ccc1OC.CSC. The van der Waals surface area contributed by atoms with E-state index in [4.69, 9.17) is 9.47 Å². The maximum Gasteiger partial charge on any atom is 0.254 e. The number of amides is 3. The first-order chi connectivity index (χ1) is 29.6. The zero-order chi connectivity index (χ0) is 43.3. The molecule has 0 aliphatic carbocycles. The molecule has 4 aliphatic rings. The van der Waals surface area contributed by atoms with Crippen LogP contribution >= 0.6 is 11.8 Å². The molecule has 4 aliphatic heterocycles. The summed E-state index contributed by atoms with van der Waals surface area (Å²) in [6.45, 7) is 11.7. The Hall–Kier alpha value is -4.23. The van der Waals surface area contributed by atoms with Gasteiger partial charge in [-0.15, -0.1) is 0 Å². The Balaban J connectivity index is 0.00000201. The summed E-state index contributed by atoms with van der Waals surface area (Å²) in [5.74, 6) is 1.50. The molecule has 4 saturated heterocycles. The van der Waals surface area contributed by atoms with E-state index in [0.717, 1.165) is 88.2 Å². The molecule has 1 N–H and O–H groups in total. The number of likely N-dealkylation sites (tertiary alicyclic amines) is 3. The average Bonchev–Trinajstić information content (AvgIpc) is 3.29. The normalized spacial score (nSPS) is 20.0. The highest BCUT2D eigenvalue weighted by Crippen LogP contribution is 2.34. The Labute approximate surface area is 367 Å². The minimum Gasteiger partial charge on any atom is -0.493 e. The van der Waals surface area contributed by atoms with E-state index < -0.39 is 0 Å². The number of carbonyl (C=O) groups is 4. The molecule has 11 nitrogen and oxygen atoms in total. The fourth-order valence-electron chi connectivity index (χ4n) is 9.66. The molecule has 7 rings (SSSR count). The largest absolute Gasteiger partial charge is 0.493 e. The summed E-state index contributed by atoms with van der Waals surface area (Å²) in [5, 5.41) is 2.48. The number of aldehydes is 1. The van der Waals surface area contributed by atoms with Crippen LogP contribution in [-0.2, 0) is 16.1 Å². The van der Waals surface area contributed by atoms with Crippen LogP contribution in [0.15, 0.2) is 60.7 Å². The number of imide groups is 1. The highest BCUT2D eigenvalue weighted by molar-refractivity contribution is 7.97. The summed E-state index contributed by atoms with van der Waals surface area (Å²) < 4.78 is 11.1. The molecule has 0 radical (unpaired) electrons. The molecule has 4 heterocycles. The number of carbonyl (C=O) groups excluding carboxylic acids is 4. The molecular weight excluding hydrogens is 787 g/mol. The molecular formula is C49H67N5O6S. The lowest BCUT2D eigenvalue weighted by Gasteiger charge is -2.42. The molecule has 0 spiro atoms. The summed E-state index contributed by atoms with van der Waals surface area (Å²) in [6.07, 6.45) is 12.8. The first-order valence-electron chi connectivity index (χ1n) is 22.3. The van der Waals surface area contributed by atoms with Gasteiger partial charge in [0.1, 0.15) is 0 Å². The smallest absolute Gasteiger partial charge is 0.254 e. The Morgan fingerprint density at radius 3 is 1.98 bits per heavy atom. The molecule has 61 heavy (non-hydrogen) atoms. The summed E-state index contributed by atoms with van der Waals surface area (Å²) in [5.41, 5.74) is 5.33. The first-order valence-corrected chi connectivity index (χ1v) is 23.9. The quantitative estimate of drug-likeness (QED) is 0.132. The minimum absolute atomic E-state index is 0.167. The van der Waals surface area contributed by atoms with Crippen molar-refractivity contribution in [1.29, 1.82) is 0 Å². The third-order valence-corrected chi connectivity index (χ3v) is 13.2. The lowest BCUT2D eigenvalue weighted by molar-refractivity contribution is -0.134. The van der Waals surface area contributed by atoms with Gasteiger partial charge in [-0.05, 0) is 162 Å². The summed E-state index contributed by atoms with van der Waals surface area (Å²) >= 11 is 1.75. The molecule has 0 saturated carbocycles. The zero-order valence-corrected chi connectivity index (χ0v) is 37.9. The number of nitrogens with zero attached hydrogens (tertiary/aromatic N) is 4. The van der Waals surface area contributed by atoms with Crippen molar-refractivity contribution in [2.75, 3.05) is 85.6 Å². The maximum absolute atomic E-state index is 13.5. The van der Waals surface area contributed by atoms with Crippen molar-refractivity contribution in [3.05, 3.63) is 94.0 Å². The van der Waals surface area contributed by atoms with Crippen molar-refractivity contribution < 1.29 is 28.7 Å². The number of thioether (sulfide) groups is 1. The molecule has 1 atom stereocenters. The molecule has 3 aromatic rings. The molecule has 4 fully saturated rings. The molecule has 12 heteroatoms. The lowest BCUT2D eigenvalue weighted by Crippen LogP contribution is -2.49. The van der Waals surface area contributed by atoms with Gasteiger partial charge in [-0.1, -0.05) is 36.4 Å². The topological polar surface area (TPSA) is 112 Å². The van der Waals surface area contributed by atoms with Gasteiger partial charge in [-0.25, -0.2) is 0 Å². The van der Waals surface area contributed by atoms with Gasteiger partial charge in [0.25, 0.3) is 5.91 Å². The Bertz CT molecular complexity index is 1920. The number of rotatable bonds is 14. The summed E-state index contributed by atoms with van der Waals surface area (Å²) in [4.78, 5) is 59.2. The number of methoxy groups -OCH3 is 1. The second-order valence-electron chi connectivity index (χ2n) is 17.1. The fraction of sp³-hybridized carbons (Fsp3) is 0.551. The summed E-state index contributed by atoms with van der Waals surface area (Å²) in [7, 11) is 3.37. The standard InChI is InChI=1S/C47H61N5O6.C2H6S/c1-4-58-44-29-33(5-13-43(44)57-3)31-49(2)47(56)42-11-10-38(30-39(42)32-53)36-15-21-50(22-16-36)27-28-51-23-19-40(20-24-51)52-25-17-35(18-26-52)34-6-8-37(9-7-34)41-12-14-45(54)48-46(41)55;1-3-2/h5-11,13,29-30,32,35-36,40-41H,4,12,14-28,31H2,1-3H3,(H,48,54,55);1-2H3. The van der Waals surface area contributed by atoms with Crippen LogP contribution in [0.3, 0.4) is 0 Å². The van der Waals surface area contributed by atoms with Gasteiger partial charge >= 0.3 is 0 Å². The Morgan fingerprint density at radius 2 is 1.38 bits per heavy atom. The average molecular weight is 854 g/mol. The highest BCUT2D eigenvalue weighted by Gasteiger charge is 2.31. The van der Waals surface area contributed by atoms with E-state index in [1.54, 1.807) is 30.8 Å². The van der Waals surface area contributed by atoms with Gasteiger partial charge in [0.05, 0.1) is 25.2 Å². The van der Waals surface area contributed by atoms with E-state index in [0.29, 0.717) is 66.5 Å². The monoisotopic (exact) mass is 853 g/mol. The van der Waals surface area contributed by atoms with Crippen LogP contribution in [0.2, 0.25) is 0 Å². The van der Waals surface area contributed by atoms with E-state index in [-0.39, 0.29) is 23.6 Å². The third-order valence-electron chi connectivity index (χ3n) is 13.2. The molecule has 0 aromatic heterocycles. The second kappa shape index (κ2) is 22.7. The van der Waals surface area contributed by atoms with Gasteiger partial charge in [0, 0.05) is 44.7 Å². The van der Waals surface area contributed by atoms with Crippen molar-refractivity contribution in [2.24, 2.45) is 0 Å². The zero-order valence-electron chi connectivity index (χ0n) is 37.0. The number of ether oxygens (including phenoxy) is 2. The van der Waals surface area contributed by atoms with Gasteiger partial charge in [0.2, 0.25) is 11.8 Å². The van der Waals surface area contributed by atoms with E-state index in [2.05, 4.69) is 44.3 Å². The van der Waals surface area contributed by atoms with Crippen LogP contribution in [0.25, 0.3) is 0 Å². The van der Waals surface area contributed by atoms with Gasteiger partial charge in [-0.2, -0.15) is 11.8 Å².